The standard InChI is InChI=1S/C12H10Cl4O5/c13-11(14)7(17)3-1-5(9(11)19)21-6-2-4-8(18)12(15,16)10(6)20/h1-4,9-10,17-20H. The van der Waals surface area contributed by atoms with Gasteiger partial charge in [0.25, 0.3) is 0 Å². The highest BCUT2D eigenvalue weighted by atomic mass is 35.5. The molecule has 2 aliphatic rings. The second kappa shape index (κ2) is 5.57. The number of aliphatic hydroxyl groups is 4. The molecule has 0 saturated carbocycles. The van der Waals surface area contributed by atoms with E-state index in [1.807, 2.05) is 0 Å². The van der Waals surface area contributed by atoms with E-state index >= 15 is 0 Å². The summed E-state index contributed by atoms with van der Waals surface area (Å²) >= 11 is 23.2. The Morgan fingerprint density at radius 1 is 0.762 bits per heavy atom. The van der Waals surface area contributed by atoms with Crippen LogP contribution in [0.3, 0.4) is 0 Å². The summed E-state index contributed by atoms with van der Waals surface area (Å²) < 4.78 is 1.33. The van der Waals surface area contributed by atoms with Gasteiger partial charge in [0.15, 0.2) is 12.2 Å². The largest absolute Gasteiger partial charge is 0.509 e. The van der Waals surface area contributed by atoms with E-state index in [1.54, 1.807) is 0 Å². The molecular formula is C12H10Cl4O5. The number of aliphatic hydroxyl groups excluding tert-OH is 4. The van der Waals surface area contributed by atoms with Crippen molar-refractivity contribution < 1.29 is 25.2 Å². The number of rotatable bonds is 2. The Balaban J connectivity index is 2.28. The van der Waals surface area contributed by atoms with Crippen LogP contribution in [0, 0.1) is 0 Å². The molecule has 116 valence electrons. The van der Waals surface area contributed by atoms with E-state index in [0.29, 0.717) is 0 Å². The van der Waals surface area contributed by atoms with Crippen LogP contribution in [0.2, 0.25) is 0 Å². The zero-order valence-electron chi connectivity index (χ0n) is 10.2. The number of allylic oxidation sites excluding steroid dienone is 4. The summed E-state index contributed by atoms with van der Waals surface area (Å²) in [6.45, 7) is 0. The van der Waals surface area contributed by atoms with E-state index in [-0.39, 0.29) is 11.5 Å². The Kier molecular flexibility index (Phi) is 4.46. The van der Waals surface area contributed by atoms with Gasteiger partial charge >= 0.3 is 0 Å². The lowest BCUT2D eigenvalue weighted by Gasteiger charge is -2.33. The van der Waals surface area contributed by atoms with Crippen molar-refractivity contribution in [1.29, 1.82) is 0 Å². The van der Waals surface area contributed by atoms with Gasteiger partial charge in [0.2, 0.25) is 8.67 Å². The molecule has 2 rings (SSSR count). The molecule has 2 aliphatic carbocycles. The monoisotopic (exact) mass is 374 g/mol. The maximum absolute atomic E-state index is 9.97. The summed E-state index contributed by atoms with van der Waals surface area (Å²) in [6.07, 6.45) is 1.55. The van der Waals surface area contributed by atoms with E-state index < -0.39 is 32.4 Å². The highest BCUT2D eigenvalue weighted by Gasteiger charge is 2.47. The molecule has 0 spiro atoms. The SMILES string of the molecule is OC1=CC=C(OC2=CC=C(O)C(Cl)(Cl)C2O)C(O)C1(Cl)Cl. The summed E-state index contributed by atoms with van der Waals surface area (Å²) in [5.41, 5.74) is 0. The minimum absolute atomic E-state index is 0.137. The van der Waals surface area contributed by atoms with Crippen molar-refractivity contribution in [2.24, 2.45) is 0 Å². The highest BCUT2D eigenvalue weighted by Crippen LogP contribution is 2.42. The quantitative estimate of drug-likeness (QED) is 0.557. The van der Waals surface area contributed by atoms with Crippen molar-refractivity contribution in [1.82, 2.24) is 0 Å². The van der Waals surface area contributed by atoms with Gasteiger partial charge in [-0.2, -0.15) is 0 Å². The predicted octanol–water partition coefficient (Wildman–Crippen LogP) is 2.75. The number of alkyl halides is 4. The molecule has 2 atom stereocenters. The van der Waals surface area contributed by atoms with Crippen LogP contribution in [0.1, 0.15) is 0 Å². The summed E-state index contributed by atoms with van der Waals surface area (Å²) in [5.74, 6) is -1.18. The van der Waals surface area contributed by atoms with Gasteiger partial charge < -0.3 is 25.2 Å². The number of hydrogen-bond acceptors (Lipinski definition) is 5. The first-order valence-corrected chi connectivity index (χ1v) is 7.12. The molecule has 21 heavy (non-hydrogen) atoms. The van der Waals surface area contributed by atoms with Gasteiger partial charge in [-0.25, -0.2) is 0 Å². The van der Waals surface area contributed by atoms with Crippen molar-refractivity contribution in [2.75, 3.05) is 0 Å². The Bertz CT molecular complexity index is 526. The Morgan fingerprint density at radius 2 is 1.10 bits per heavy atom. The molecule has 4 N–H and O–H groups in total. The van der Waals surface area contributed by atoms with Gasteiger partial charge in [0.1, 0.15) is 23.0 Å². The summed E-state index contributed by atoms with van der Waals surface area (Å²) in [7, 11) is 0. The molecule has 0 heterocycles. The van der Waals surface area contributed by atoms with E-state index in [0.717, 1.165) is 12.2 Å². The third-order valence-corrected chi connectivity index (χ3v) is 4.56. The molecule has 0 fully saturated rings. The number of hydrogen-bond donors (Lipinski definition) is 4. The zero-order chi connectivity index (χ0) is 16.0. The minimum atomic E-state index is -1.98. The van der Waals surface area contributed by atoms with Gasteiger partial charge in [-0.3, -0.25) is 0 Å². The maximum atomic E-state index is 9.97. The van der Waals surface area contributed by atoms with Crippen LogP contribution < -0.4 is 0 Å². The van der Waals surface area contributed by atoms with Gasteiger partial charge in [0, 0.05) is 0 Å². The Morgan fingerprint density at radius 3 is 1.43 bits per heavy atom. The first kappa shape index (κ1) is 16.8. The van der Waals surface area contributed by atoms with E-state index in [9.17, 15) is 20.4 Å². The molecule has 5 nitrogen and oxygen atoms in total. The van der Waals surface area contributed by atoms with Gasteiger partial charge in [-0.1, -0.05) is 46.4 Å². The molecule has 9 heteroatoms. The average molecular weight is 376 g/mol. The summed E-state index contributed by atoms with van der Waals surface area (Å²) in [6, 6.07) is 0. The smallest absolute Gasteiger partial charge is 0.207 e. The molecule has 0 aromatic heterocycles. The van der Waals surface area contributed by atoms with Crippen LogP contribution in [0.15, 0.2) is 47.3 Å². The number of halogens is 4. The molecule has 0 aromatic carbocycles. The average Bonchev–Trinajstić information content (AvgIpc) is 2.41. The van der Waals surface area contributed by atoms with Crippen molar-refractivity contribution in [3.05, 3.63) is 47.3 Å². The van der Waals surface area contributed by atoms with Crippen LogP contribution in [0.5, 0.6) is 0 Å². The Labute approximate surface area is 139 Å². The van der Waals surface area contributed by atoms with Crippen LogP contribution in [-0.2, 0) is 4.74 Å². The van der Waals surface area contributed by atoms with Gasteiger partial charge in [-0.05, 0) is 24.3 Å². The fourth-order valence-electron chi connectivity index (χ4n) is 1.68. The summed E-state index contributed by atoms with van der Waals surface area (Å²) in [4.78, 5) is 0. The molecule has 0 amide bonds. The van der Waals surface area contributed by atoms with Crippen molar-refractivity contribution in [3.63, 3.8) is 0 Å². The van der Waals surface area contributed by atoms with Gasteiger partial charge in [-0.15, -0.1) is 0 Å². The van der Waals surface area contributed by atoms with Crippen LogP contribution in [0.25, 0.3) is 0 Å². The minimum Gasteiger partial charge on any atom is -0.509 e. The summed E-state index contributed by atoms with van der Waals surface area (Å²) in [5, 5.41) is 38.9. The lowest BCUT2D eigenvalue weighted by molar-refractivity contribution is 0.0706. The molecule has 0 bridgehead atoms. The molecule has 0 aliphatic heterocycles. The van der Waals surface area contributed by atoms with Crippen LogP contribution in [-0.4, -0.2) is 41.3 Å². The normalized spacial score (nSPS) is 30.8. The molecule has 0 aromatic rings. The molecule has 0 radical (unpaired) electrons. The molecule has 2 unspecified atom stereocenters. The van der Waals surface area contributed by atoms with Gasteiger partial charge in [0.05, 0.1) is 0 Å². The van der Waals surface area contributed by atoms with E-state index in [1.165, 1.54) is 12.2 Å². The van der Waals surface area contributed by atoms with E-state index in [2.05, 4.69) is 0 Å². The second-order valence-corrected chi connectivity index (χ2v) is 7.17. The first-order valence-electron chi connectivity index (χ1n) is 5.60. The predicted molar refractivity (Wildman–Crippen MR) is 79.6 cm³/mol. The van der Waals surface area contributed by atoms with Crippen molar-refractivity contribution in [3.8, 4) is 0 Å². The van der Waals surface area contributed by atoms with Crippen LogP contribution >= 0.6 is 46.4 Å². The van der Waals surface area contributed by atoms with Crippen LogP contribution in [0.4, 0.5) is 0 Å². The fraction of sp³-hybridized carbons (Fsp3) is 0.333. The highest BCUT2D eigenvalue weighted by molar-refractivity contribution is 6.51. The maximum Gasteiger partial charge on any atom is 0.207 e. The Hall–Kier alpha value is -0.560. The fourth-order valence-corrected chi connectivity index (χ4v) is 2.36. The zero-order valence-corrected chi connectivity index (χ0v) is 13.2. The lowest BCUT2D eigenvalue weighted by atomic mass is 10.0. The third kappa shape index (κ3) is 2.86. The van der Waals surface area contributed by atoms with Crippen molar-refractivity contribution in [2.45, 2.75) is 20.9 Å². The first-order chi connectivity index (χ1) is 9.58. The third-order valence-electron chi connectivity index (χ3n) is 2.96. The van der Waals surface area contributed by atoms with E-state index in [4.69, 9.17) is 51.1 Å². The molecular weight excluding hydrogens is 366 g/mol. The van der Waals surface area contributed by atoms with Crippen molar-refractivity contribution >= 4 is 46.4 Å². The molecule has 0 saturated heterocycles. The lowest BCUT2D eigenvalue weighted by Crippen LogP contribution is -2.41. The number of ether oxygens (including phenoxy) is 1. The topological polar surface area (TPSA) is 90.2 Å². The second-order valence-electron chi connectivity index (χ2n) is 4.39.